The van der Waals surface area contributed by atoms with Crippen LogP contribution in [0.25, 0.3) is 0 Å². The van der Waals surface area contributed by atoms with Crippen LogP contribution in [0, 0.1) is 0 Å². The highest BCUT2D eigenvalue weighted by atomic mass is 16.4. The molecule has 116 valence electrons. The smallest absolute Gasteiger partial charge is 0.311 e. The van der Waals surface area contributed by atoms with E-state index in [2.05, 4.69) is 0 Å². The Labute approximate surface area is 129 Å². The minimum absolute atomic E-state index is 0.0496. The van der Waals surface area contributed by atoms with Crippen LogP contribution >= 0.6 is 0 Å². The monoisotopic (exact) mass is 300 g/mol. The first-order valence-corrected chi connectivity index (χ1v) is 7.22. The molecule has 3 N–H and O–H groups in total. The van der Waals surface area contributed by atoms with Crippen LogP contribution in [0.1, 0.15) is 42.4 Å². The molecular weight excluding hydrogens is 280 g/mol. The van der Waals surface area contributed by atoms with Gasteiger partial charge in [0.25, 0.3) is 0 Å². The number of phenols is 2. The van der Waals surface area contributed by atoms with Crippen molar-refractivity contribution in [3.8, 4) is 11.5 Å². The highest BCUT2D eigenvalue weighted by Gasteiger charge is 2.23. The molecule has 0 heterocycles. The summed E-state index contributed by atoms with van der Waals surface area (Å²) < 4.78 is 0. The van der Waals surface area contributed by atoms with Crippen LogP contribution in [0.3, 0.4) is 0 Å². The van der Waals surface area contributed by atoms with Crippen molar-refractivity contribution in [1.29, 1.82) is 0 Å². The first-order valence-electron chi connectivity index (χ1n) is 7.22. The predicted octanol–water partition coefficient (Wildman–Crippen LogP) is 3.63. The molecule has 4 heteroatoms. The molecule has 0 radical (unpaired) electrons. The summed E-state index contributed by atoms with van der Waals surface area (Å²) >= 11 is 0. The van der Waals surface area contributed by atoms with Crippen LogP contribution in [-0.4, -0.2) is 21.3 Å². The van der Waals surface area contributed by atoms with Gasteiger partial charge in [0.15, 0.2) is 0 Å². The van der Waals surface area contributed by atoms with Gasteiger partial charge in [-0.2, -0.15) is 0 Å². The van der Waals surface area contributed by atoms with Gasteiger partial charge in [0.2, 0.25) is 0 Å². The molecule has 0 bridgehead atoms. The molecule has 0 aliphatic rings. The van der Waals surface area contributed by atoms with Gasteiger partial charge in [-0.25, -0.2) is 0 Å². The summed E-state index contributed by atoms with van der Waals surface area (Å²) in [6, 6.07) is 12.2. The normalized spacial score (nSPS) is 12.3. The summed E-state index contributed by atoms with van der Waals surface area (Å²) in [5.74, 6) is -1.99. The third-order valence-corrected chi connectivity index (χ3v) is 3.72. The van der Waals surface area contributed by atoms with Crippen molar-refractivity contribution in [2.24, 2.45) is 0 Å². The fourth-order valence-corrected chi connectivity index (χ4v) is 2.63. The number of carboxylic acids is 1. The Balaban J connectivity index is 2.39. The first kappa shape index (κ1) is 15.9. The lowest BCUT2D eigenvalue weighted by molar-refractivity contribution is -0.138. The molecule has 4 nitrogen and oxygen atoms in total. The van der Waals surface area contributed by atoms with E-state index in [1.807, 2.05) is 44.2 Å². The maximum absolute atomic E-state index is 11.6. The van der Waals surface area contributed by atoms with E-state index in [4.69, 9.17) is 0 Å². The summed E-state index contributed by atoms with van der Waals surface area (Å²) in [5.41, 5.74) is 1.73. The Morgan fingerprint density at radius 1 is 1.05 bits per heavy atom. The minimum Gasteiger partial charge on any atom is -0.508 e. The van der Waals surface area contributed by atoms with Gasteiger partial charge in [-0.1, -0.05) is 44.2 Å². The van der Waals surface area contributed by atoms with Crippen molar-refractivity contribution in [2.75, 3.05) is 0 Å². The summed E-state index contributed by atoms with van der Waals surface area (Å²) in [7, 11) is 0. The zero-order valence-corrected chi connectivity index (χ0v) is 12.7. The Bertz CT molecular complexity index is 639. The van der Waals surface area contributed by atoms with E-state index in [0.29, 0.717) is 17.5 Å². The molecule has 0 aliphatic carbocycles. The average molecular weight is 300 g/mol. The molecule has 1 atom stereocenters. The Morgan fingerprint density at radius 3 is 2.05 bits per heavy atom. The van der Waals surface area contributed by atoms with Gasteiger partial charge in [-0.15, -0.1) is 0 Å². The molecule has 0 aliphatic heterocycles. The lowest BCUT2D eigenvalue weighted by Crippen LogP contribution is -2.14. The molecule has 0 saturated carbocycles. The number of carbonyl (C=O) groups is 1. The maximum atomic E-state index is 11.6. The predicted molar refractivity (Wildman–Crippen MR) is 84.4 cm³/mol. The summed E-state index contributed by atoms with van der Waals surface area (Å²) in [4.78, 5) is 11.6. The number of hydrogen-bond acceptors (Lipinski definition) is 3. The molecule has 22 heavy (non-hydrogen) atoms. The van der Waals surface area contributed by atoms with Crippen LogP contribution in [0.15, 0.2) is 42.5 Å². The van der Waals surface area contributed by atoms with Gasteiger partial charge in [-0.3, -0.25) is 4.79 Å². The lowest BCUT2D eigenvalue weighted by atomic mass is 9.89. The van der Waals surface area contributed by atoms with Crippen LogP contribution in [0.4, 0.5) is 0 Å². The first-order chi connectivity index (χ1) is 10.4. The highest BCUT2D eigenvalue weighted by Crippen LogP contribution is 2.37. The molecule has 2 rings (SSSR count). The molecule has 2 aromatic carbocycles. The van der Waals surface area contributed by atoms with Crippen LogP contribution in [0.5, 0.6) is 11.5 Å². The van der Waals surface area contributed by atoms with Crippen molar-refractivity contribution >= 4 is 5.97 Å². The van der Waals surface area contributed by atoms with Crippen molar-refractivity contribution in [2.45, 2.75) is 32.1 Å². The molecular formula is C18H20O4. The summed E-state index contributed by atoms with van der Waals surface area (Å²) in [5, 5.41) is 29.7. The lowest BCUT2D eigenvalue weighted by Gasteiger charge is -2.17. The zero-order chi connectivity index (χ0) is 16.3. The molecule has 1 unspecified atom stereocenters. The Morgan fingerprint density at radius 2 is 1.59 bits per heavy atom. The number of aliphatic carboxylic acids is 1. The van der Waals surface area contributed by atoms with Gasteiger partial charge in [0, 0.05) is 5.56 Å². The van der Waals surface area contributed by atoms with Crippen LogP contribution in [0.2, 0.25) is 0 Å². The number of phenolic OH excluding ortho intramolecular Hbond substituents is 2. The van der Waals surface area contributed by atoms with E-state index in [0.717, 1.165) is 5.56 Å². The number of benzene rings is 2. The van der Waals surface area contributed by atoms with Gasteiger partial charge in [0.1, 0.15) is 11.5 Å². The largest absolute Gasteiger partial charge is 0.508 e. The maximum Gasteiger partial charge on any atom is 0.311 e. The quantitative estimate of drug-likeness (QED) is 0.788. The fourth-order valence-electron chi connectivity index (χ4n) is 2.63. The standard InChI is InChI=1S/C18H20O4/c1-11(2)17-15(19)9-13(10-16(17)20)14(18(21)22)8-12-6-4-3-5-7-12/h3-7,9-11,14,19-20H,8H2,1-2H3,(H,21,22). The van der Waals surface area contributed by atoms with Gasteiger partial charge < -0.3 is 15.3 Å². The fraction of sp³-hybridized carbons (Fsp3) is 0.278. The Kier molecular flexibility index (Phi) is 4.71. The van der Waals surface area contributed by atoms with E-state index in [-0.39, 0.29) is 17.4 Å². The van der Waals surface area contributed by atoms with Crippen LogP contribution < -0.4 is 0 Å². The summed E-state index contributed by atoms with van der Waals surface area (Å²) in [6.45, 7) is 3.71. The van der Waals surface area contributed by atoms with E-state index in [9.17, 15) is 20.1 Å². The minimum atomic E-state index is -0.986. The van der Waals surface area contributed by atoms with Crippen LogP contribution in [-0.2, 0) is 11.2 Å². The number of aromatic hydroxyl groups is 2. The zero-order valence-electron chi connectivity index (χ0n) is 12.7. The third-order valence-electron chi connectivity index (χ3n) is 3.72. The van der Waals surface area contributed by atoms with Crippen molar-refractivity contribution in [3.63, 3.8) is 0 Å². The molecule has 0 saturated heterocycles. The summed E-state index contributed by atoms with van der Waals surface area (Å²) in [6.07, 6.45) is 0.302. The van der Waals surface area contributed by atoms with E-state index < -0.39 is 11.9 Å². The molecule has 0 amide bonds. The number of carboxylic acid groups (broad SMARTS) is 1. The molecule has 2 aromatic rings. The molecule has 0 fully saturated rings. The second-order valence-corrected chi connectivity index (χ2v) is 5.71. The number of hydrogen-bond donors (Lipinski definition) is 3. The van der Waals surface area contributed by atoms with Gasteiger partial charge in [0.05, 0.1) is 5.92 Å². The topological polar surface area (TPSA) is 77.8 Å². The SMILES string of the molecule is CC(C)c1c(O)cc(C(Cc2ccccc2)C(=O)O)cc1O. The molecule has 0 spiro atoms. The molecule has 0 aromatic heterocycles. The van der Waals surface area contributed by atoms with Crippen molar-refractivity contribution in [3.05, 3.63) is 59.2 Å². The van der Waals surface area contributed by atoms with Crippen molar-refractivity contribution < 1.29 is 20.1 Å². The van der Waals surface area contributed by atoms with Crippen molar-refractivity contribution in [1.82, 2.24) is 0 Å². The van der Waals surface area contributed by atoms with Gasteiger partial charge >= 0.3 is 5.97 Å². The number of rotatable bonds is 5. The van der Waals surface area contributed by atoms with Gasteiger partial charge in [-0.05, 0) is 35.6 Å². The van der Waals surface area contributed by atoms with E-state index >= 15 is 0 Å². The van der Waals surface area contributed by atoms with E-state index in [1.54, 1.807) is 0 Å². The highest BCUT2D eigenvalue weighted by molar-refractivity contribution is 5.77. The second-order valence-electron chi connectivity index (χ2n) is 5.71. The average Bonchev–Trinajstić information content (AvgIpc) is 2.44. The second kappa shape index (κ2) is 6.52. The Hall–Kier alpha value is -2.49. The van der Waals surface area contributed by atoms with E-state index in [1.165, 1.54) is 12.1 Å². The third kappa shape index (κ3) is 3.39.